The minimum Gasteiger partial charge on any atom is -0.397 e. The van der Waals surface area contributed by atoms with Crippen LogP contribution in [-0.4, -0.2) is 30.7 Å². The molecule has 1 atom stereocenters. The Hall–Kier alpha value is -1.27. The molecule has 2 heterocycles. The van der Waals surface area contributed by atoms with Crippen molar-refractivity contribution >= 4 is 27.9 Å². The summed E-state index contributed by atoms with van der Waals surface area (Å²) in [6, 6.07) is 1.82. The Morgan fingerprint density at radius 2 is 2.28 bits per heavy atom. The summed E-state index contributed by atoms with van der Waals surface area (Å²) >= 11 is 1.35. The van der Waals surface area contributed by atoms with Gasteiger partial charge in [-0.05, 0) is 26.8 Å². The average molecular weight is 269 g/mol. The van der Waals surface area contributed by atoms with E-state index in [9.17, 15) is 4.79 Å². The van der Waals surface area contributed by atoms with Crippen LogP contribution in [0.1, 0.15) is 30.4 Å². The van der Waals surface area contributed by atoms with Crippen LogP contribution in [0.3, 0.4) is 0 Å². The van der Waals surface area contributed by atoms with Gasteiger partial charge in [0, 0.05) is 13.1 Å². The lowest BCUT2D eigenvalue weighted by Gasteiger charge is -2.42. The number of carbonyl (C=O) groups excluding carboxylic acids is 1. The van der Waals surface area contributed by atoms with E-state index in [1.54, 1.807) is 0 Å². The van der Waals surface area contributed by atoms with Crippen molar-refractivity contribution in [2.45, 2.75) is 32.5 Å². The number of morpholine rings is 1. The van der Waals surface area contributed by atoms with Crippen LogP contribution in [0.5, 0.6) is 0 Å². The summed E-state index contributed by atoms with van der Waals surface area (Å²) in [4.78, 5) is 13.8. The van der Waals surface area contributed by atoms with Crippen molar-refractivity contribution in [2.75, 3.05) is 23.7 Å². The molecular weight excluding hydrogens is 250 g/mol. The Balaban J connectivity index is 2.26. The van der Waals surface area contributed by atoms with Crippen LogP contribution in [0.15, 0.2) is 6.07 Å². The number of hydrogen-bond donors (Lipinski definition) is 2. The van der Waals surface area contributed by atoms with Crippen LogP contribution in [0.2, 0.25) is 0 Å². The third-order valence-corrected chi connectivity index (χ3v) is 4.08. The number of rotatable bonds is 2. The highest BCUT2D eigenvalue weighted by molar-refractivity contribution is 7.18. The molecule has 5 nitrogen and oxygen atoms in total. The van der Waals surface area contributed by atoms with E-state index in [1.807, 2.05) is 13.0 Å². The number of primary amides is 1. The molecule has 1 fully saturated rings. The highest BCUT2D eigenvalue weighted by atomic mass is 32.1. The van der Waals surface area contributed by atoms with Crippen molar-refractivity contribution in [1.82, 2.24) is 0 Å². The standard InChI is InChI=1S/C12H19N3O2S/c1-7-5-15(6-12(2,3)17-7)9-4-8(13)10(18-9)11(14)16/h4,7H,5-6,13H2,1-3H3,(H2,14,16). The fourth-order valence-electron chi connectivity index (χ4n) is 2.36. The number of hydrogen-bond acceptors (Lipinski definition) is 5. The van der Waals surface area contributed by atoms with Crippen LogP contribution in [-0.2, 0) is 4.74 Å². The van der Waals surface area contributed by atoms with Gasteiger partial charge in [-0.2, -0.15) is 0 Å². The SMILES string of the molecule is CC1CN(c2cc(N)c(C(N)=O)s2)CC(C)(C)O1. The maximum Gasteiger partial charge on any atom is 0.260 e. The Bertz CT molecular complexity index is 470. The number of anilines is 2. The van der Waals surface area contributed by atoms with E-state index in [0.717, 1.165) is 18.1 Å². The summed E-state index contributed by atoms with van der Waals surface area (Å²) < 4.78 is 5.85. The molecular formula is C12H19N3O2S. The van der Waals surface area contributed by atoms with Crippen LogP contribution in [0, 0.1) is 0 Å². The van der Waals surface area contributed by atoms with Crippen LogP contribution in [0.4, 0.5) is 10.7 Å². The van der Waals surface area contributed by atoms with Gasteiger partial charge in [-0.3, -0.25) is 4.79 Å². The second-order valence-electron chi connectivity index (χ2n) is 5.30. The fourth-order valence-corrected chi connectivity index (χ4v) is 3.30. The monoisotopic (exact) mass is 269 g/mol. The predicted octanol–water partition coefficient (Wildman–Crippen LogP) is 1.43. The number of thiophene rings is 1. The molecule has 0 radical (unpaired) electrons. The Morgan fingerprint density at radius 1 is 1.61 bits per heavy atom. The van der Waals surface area contributed by atoms with E-state index < -0.39 is 5.91 Å². The minimum absolute atomic E-state index is 0.147. The zero-order valence-electron chi connectivity index (χ0n) is 10.9. The van der Waals surface area contributed by atoms with Crippen molar-refractivity contribution in [3.05, 3.63) is 10.9 Å². The first-order valence-corrected chi connectivity index (χ1v) is 6.72. The number of ether oxygens (including phenoxy) is 1. The molecule has 6 heteroatoms. The number of nitrogens with zero attached hydrogens (tertiary/aromatic N) is 1. The molecule has 0 aromatic carbocycles. The van der Waals surface area contributed by atoms with E-state index in [1.165, 1.54) is 11.3 Å². The summed E-state index contributed by atoms with van der Waals surface area (Å²) in [6.07, 6.45) is 0.147. The summed E-state index contributed by atoms with van der Waals surface area (Å²) in [5.74, 6) is -0.468. The Morgan fingerprint density at radius 3 is 2.78 bits per heavy atom. The molecule has 100 valence electrons. The Labute approximate surface area is 111 Å². The fraction of sp³-hybridized carbons (Fsp3) is 0.583. The lowest BCUT2D eigenvalue weighted by molar-refractivity contribution is -0.0748. The lowest BCUT2D eigenvalue weighted by Crippen LogP contribution is -2.51. The van der Waals surface area contributed by atoms with Gasteiger partial charge in [0.15, 0.2) is 0 Å². The maximum atomic E-state index is 11.2. The minimum atomic E-state index is -0.468. The molecule has 0 bridgehead atoms. The van der Waals surface area contributed by atoms with Crippen LogP contribution >= 0.6 is 11.3 Å². The van der Waals surface area contributed by atoms with E-state index in [4.69, 9.17) is 16.2 Å². The van der Waals surface area contributed by atoms with Crippen LogP contribution in [0.25, 0.3) is 0 Å². The van der Waals surface area contributed by atoms with E-state index in [0.29, 0.717) is 10.6 Å². The molecule has 0 spiro atoms. The first-order chi connectivity index (χ1) is 8.28. The van der Waals surface area contributed by atoms with Crippen molar-refractivity contribution in [3.63, 3.8) is 0 Å². The Kier molecular flexibility index (Phi) is 3.25. The molecule has 18 heavy (non-hydrogen) atoms. The molecule has 2 rings (SSSR count). The highest BCUT2D eigenvalue weighted by Gasteiger charge is 2.32. The zero-order chi connectivity index (χ0) is 13.5. The van der Waals surface area contributed by atoms with E-state index in [2.05, 4.69) is 18.7 Å². The average Bonchev–Trinajstić information content (AvgIpc) is 2.57. The van der Waals surface area contributed by atoms with Gasteiger partial charge < -0.3 is 21.1 Å². The topological polar surface area (TPSA) is 81.6 Å². The molecule has 1 unspecified atom stereocenters. The lowest BCUT2D eigenvalue weighted by atomic mass is 10.1. The van der Waals surface area contributed by atoms with Crippen molar-refractivity contribution in [2.24, 2.45) is 5.73 Å². The zero-order valence-corrected chi connectivity index (χ0v) is 11.7. The van der Waals surface area contributed by atoms with Gasteiger partial charge in [-0.25, -0.2) is 0 Å². The second-order valence-corrected chi connectivity index (χ2v) is 6.33. The number of amides is 1. The third-order valence-electron chi connectivity index (χ3n) is 2.85. The summed E-state index contributed by atoms with van der Waals surface area (Å²) in [5, 5.41) is 0.976. The molecule has 1 aromatic rings. The third kappa shape index (κ3) is 2.59. The predicted molar refractivity (Wildman–Crippen MR) is 74.1 cm³/mol. The van der Waals surface area contributed by atoms with Gasteiger partial charge in [0.25, 0.3) is 5.91 Å². The van der Waals surface area contributed by atoms with E-state index in [-0.39, 0.29) is 11.7 Å². The molecule has 1 aromatic heterocycles. The molecule has 0 aliphatic carbocycles. The van der Waals surface area contributed by atoms with Gasteiger partial charge in [-0.15, -0.1) is 11.3 Å². The highest BCUT2D eigenvalue weighted by Crippen LogP contribution is 2.35. The molecule has 1 aliphatic rings. The molecule has 0 saturated carbocycles. The summed E-state index contributed by atoms with van der Waals surface area (Å²) in [6.45, 7) is 7.72. The smallest absolute Gasteiger partial charge is 0.260 e. The first-order valence-electron chi connectivity index (χ1n) is 5.90. The number of carbonyl (C=O) groups is 1. The van der Waals surface area contributed by atoms with Gasteiger partial charge in [0.2, 0.25) is 0 Å². The van der Waals surface area contributed by atoms with Gasteiger partial charge in [-0.1, -0.05) is 0 Å². The number of nitrogen functional groups attached to an aromatic ring is 1. The molecule has 1 aliphatic heterocycles. The quantitative estimate of drug-likeness (QED) is 0.851. The van der Waals surface area contributed by atoms with E-state index >= 15 is 0 Å². The van der Waals surface area contributed by atoms with Crippen molar-refractivity contribution in [3.8, 4) is 0 Å². The summed E-state index contributed by atoms with van der Waals surface area (Å²) in [7, 11) is 0. The molecule has 4 N–H and O–H groups in total. The van der Waals surface area contributed by atoms with Crippen LogP contribution < -0.4 is 16.4 Å². The normalized spacial score (nSPS) is 23.1. The van der Waals surface area contributed by atoms with Gasteiger partial charge in [0.05, 0.1) is 22.4 Å². The maximum absolute atomic E-state index is 11.2. The van der Waals surface area contributed by atoms with Gasteiger partial charge in [0.1, 0.15) is 4.88 Å². The van der Waals surface area contributed by atoms with Gasteiger partial charge >= 0.3 is 0 Å². The number of nitrogens with two attached hydrogens (primary N) is 2. The largest absolute Gasteiger partial charge is 0.397 e. The molecule has 1 amide bonds. The molecule has 1 saturated heterocycles. The van der Waals surface area contributed by atoms with Crippen molar-refractivity contribution in [1.29, 1.82) is 0 Å². The summed E-state index contributed by atoms with van der Waals surface area (Å²) in [5.41, 5.74) is 11.3. The second kappa shape index (κ2) is 4.44. The first kappa shape index (κ1) is 13.2. The van der Waals surface area contributed by atoms with Crippen molar-refractivity contribution < 1.29 is 9.53 Å².